The minimum absolute atomic E-state index is 0.0447. The van der Waals surface area contributed by atoms with Gasteiger partial charge in [0.05, 0.1) is 18.6 Å². The first-order valence-corrected chi connectivity index (χ1v) is 8.57. The molecular formula is C16H27N5O2. The van der Waals surface area contributed by atoms with Crippen molar-refractivity contribution >= 4 is 5.91 Å². The number of aliphatic hydroxyl groups is 1. The van der Waals surface area contributed by atoms with Gasteiger partial charge in [0.25, 0.3) is 0 Å². The second-order valence-corrected chi connectivity index (χ2v) is 7.11. The predicted molar refractivity (Wildman–Crippen MR) is 85.6 cm³/mol. The zero-order valence-corrected chi connectivity index (χ0v) is 14.1. The summed E-state index contributed by atoms with van der Waals surface area (Å²) in [5.41, 5.74) is -0.254. The van der Waals surface area contributed by atoms with E-state index < -0.39 is 0 Å². The normalized spacial score (nSPS) is 25.9. The summed E-state index contributed by atoms with van der Waals surface area (Å²) in [6, 6.07) is 0.341. The molecule has 1 spiro atoms. The van der Waals surface area contributed by atoms with Crippen molar-refractivity contribution in [2.24, 2.45) is 5.41 Å². The summed E-state index contributed by atoms with van der Waals surface area (Å²) in [6.07, 6.45) is 4.67. The Bertz CT molecular complexity index is 556. The van der Waals surface area contributed by atoms with Crippen molar-refractivity contribution in [2.75, 3.05) is 32.8 Å². The van der Waals surface area contributed by atoms with Gasteiger partial charge in [-0.05, 0) is 39.7 Å². The Balaban J connectivity index is 1.68. The van der Waals surface area contributed by atoms with Crippen LogP contribution in [0.2, 0.25) is 0 Å². The molecule has 128 valence electrons. The highest BCUT2D eigenvalue weighted by Crippen LogP contribution is 2.40. The molecule has 3 heterocycles. The summed E-state index contributed by atoms with van der Waals surface area (Å²) in [5.74, 6) is 1.19. The summed E-state index contributed by atoms with van der Waals surface area (Å²) in [7, 11) is 0. The zero-order chi connectivity index (χ0) is 16.4. The van der Waals surface area contributed by atoms with Crippen LogP contribution in [-0.4, -0.2) is 68.4 Å². The minimum Gasteiger partial charge on any atom is -0.395 e. The molecule has 7 nitrogen and oxygen atoms in total. The smallest absolute Gasteiger partial charge is 0.230 e. The Labute approximate surface area is 137 Å². The minimum atomic E-state index is -0.254. The van der Waals surface area contributed by atoms with E-state index in [-0.39, 0.29) is 17.9 Å². The lowest BCUT2D eigenvalue weighted by molar-refractivity contribution is -0.146. The van der Waals surface area contributed by atoms with E-state index in [1.807, 2.05) is 4.90 Å². The van der Waals surface area contributed by atoms with E-state index in [1.54, 1.807) is 6.33 Å². The van der Waals surface area contributed by atoms with Crippen molar-refractivity contribution in [3.63, 3.8) is 0 Å². The molecule has 2 fully saturated rings. The maximum absolute atomic E-state index is 12.8. The fourth-order valence-corrected chi connectivity index (χ4v) is 3.97. The average Bonchev–Trinajstić information content (AvgIpc) is 3.13. The van der Waals surface area contributed by atoms with Crippen LogP contribution < -0.4 is 0 Å². The maximum atomic E-state index is 12.8. The van der Waals surface area contributed by atoms with E-state index in [2.05, 4.69) is 33.5 Å². The van der Waals surface area contributed by atoms with Crippen molar-refractivity contribution in [3.8, 4) is 0 Å². The number of nitrogens with zero attached hydrogens (tertiary/aromatic N) is 5. The van der Waals surface area contributed by atoms with Crippen molar-refractivity contribution in [3.05, 3.63) is 12.2 Å². The maximum Gasteiger partial charge on any atom is 0.230 e. The van der Waals surface area contributed by atoms with Gasteiger partial charge >= 0.3 is 0 Å². The van der Waals surface area contributed by atoms with Crippen molar-refractivity contribution in [1.82, 2.24) is 24.6 Å². The first-order valence-electron chi connectivity index (χ1n) is 8.57. The lowest BCUT2D eigenvalue weighted by atomic mass is 9.78. The summed E-state index contributed by atoms with van der Waals surface area (Å²) >= 11 is 0. The number of aromatic nitrogens is 3. The molecule has 0 aliphatic carbocycles. The van der Waals surface area contributed by atoms with Crippen LogP contribution in [0.4, 0.5) is 0 Å². The molecule has 0 aromatic carbocycles. The summed E-state index contributed by atoms with van der Waals surface area (Å²) in [5, 5.41) is 17.4. The van der Waals surface area contributed by atoms with E-state index in [9.17, 15) is 4.79 Å². The largest absolute Gasteiger partial charge is 0.395 e. The molecular weight excluding hydrogens is 294 g/mol. The predicted octanol–water partition coefficient (Wildman–Crippen LogP) is 0.666. The standard InChI is InChI=1S/C16H27N5O2/c1-13(2)21-12-17-18-14(21)10-19-7-5-16(11-19)4-3-6-20(8-9-22)15(16)23/h12-13,22H,3-11H2,1-2H3. The Morgan fingerprint density at radius 1 is 1.35 bits per heavy atom. The van der Waals surface area contributed by atoms with Gasteiger partial charge in [0.1, 0.15) is 12.2 Å². The fourth-order valence-electron chi connectivity index (χ4n) is 3.97. The van der Waals surface area contributed by atoms with E-state index >= 15 is 0 Å². The first-order chi connectivity index (χ1) is 11.1. The second-order valence-electron chi connectivity index (χ2n) is 7.11. The van der Waals surface area contributed by atoms with Crippen LogP contribution in [0.3, 0.4) is 0 Å². The molecule has 23 heavy (non-hydrogen) atoms. The van der Waals surface area contributed by atoms with Crippen LogP contribution in [-0.2, 0) is 11.3 Å². The highest BCUT2D eigenvalue weighted by molar-refractivity contribution is 5.84. The molecule has 1 atom stereocenters. The Morgan fingerprint density at radius 2 is 2.17 bits per heavy atom. The topological polar surface area (TPSA) is 74.5 Å². The molecule has 1 N–H and O–H groups in total. The Hall–Kier alpha value is -1.47. The van der Waals surface area contributed by atoms with Gasteiger partial charge in [-0.2, -0.15) is 0 Å². The SMILES string of the molecule is CC(C)n1cnnc1CN1CCC2(CCCN(CCO)C2=O)C1. The molecule has 2 saturated heterocycles. The summed E-state index contributed by atoms with van der Waals surface area (Å²) < 4.78 is 2.09. The third-order valence-corrected chi connectivity index (χ3v) is 5.20. The zero-order valence-electron chi connectivity index (χ0n) is 14.1. The van der Waals surface area contributed by atoms with Crippen molar-refractivity contribution < 1.29 is 9.90 Å². The number of piperidine rings is 1. The monoisotopic (exact) mass is 321 g/mol. The number of β-amino-alcohol motifs (C(OH)–C–C–N with tert-alkyl or cyclic N) is 1. The average molecular weight is 321 g/mol. The molecule has 0 saturated carbocycles. The van der Waals surface area contributed by atoms with E-state index in [1.165, 1.54) is 0 Å². The first kappa shape index (κ1) is 16.4. The molecule has 2 aliphatic rings. The lowest BCUT2D eigenvalue weighted by Crippen LogP contribution is -2.50. The fraction of sp³-hybridized carbons (Fsp3) is 0.812. The number of carbonyl (C=O) groups is 1. The third-order valence-electron chi connectivity index (χ3n) is 5.20. The summed E-state index contributed by atoms with van der Waals surface area (Å²) in [4.78, 5) is 17.0. The number of amides is 1. The van der Waals surface area contributed by atoms with Crippen LogP contribution in [0.25, 0.3) is 0 Å². The van der Waals surface area contributed by atoms with Gasteiger partial charge in [-0.3, -0.25) is 9.69 Å². The highest BCUT2D eigenvalue weighted by atomic mass is 16.3. The highest BCUT2D eigenvalue weighted by Gasteiger charge is 2.48. The molecule has 3 rings (SSSR count). The Kier molecular flexibility index (Phi) is 4.68. The molecule has 1 aromatic heterocycles. The number of hydrogen-bond donors (Lipinski definition) is 1. The lowest BCUT2D eigenvalue weighted by Gasteiger charge is -2.39. The van der Waals surface area contributed by atoms with Gasteiger partial charge in [-0.15, -0.1) is 10.2 Å². The van der Waals surface area contributed by atoms with Crippen molar-refractivity contribution in [1.29, 1.82) is 0 Å². The van der Waals surface area contributed by atoms with Crippen LogP contribution >= 0.6 is 0 Å². The molecule has 1 aromatic rings. The van der Waals surface area contributed by atoms with Gasteiger partial charge in [0.15, 0.2) is 0 Å². The van der Waals surface area contributed by atoms with Gasteiger partial charge in [-0.25, -0.2) is 0 Å². The van der Waals surface area contributed by atoms with Gasteiger partial charge in [-0.1, -0.05) is 0 Å². The molecule has 7 heteroatoms. The van der Waals surface area contributed by atoms with E-state index in [0.29, 0.717) is 12.6 Å². The molecule has 0 radical (unpaired) electrons. The van der Waals surface area contributed by atoms with Crippen molar-refractivity contribution in [2.45, 2.75) is 45.7 Å². The number of carbonyl (C=O) groups excluding carboxylic acids is 1. The molecule has 0 bridgehead atoms. The van der Waals surface area contributed by atoms with Crippen LogP contribution in [0.5, 0.6) is 0 Å². The quantitative estimate of drug-likeness (QED) is 0.862. The number of hydrogen-bond acceptors (Lipinski definition) is 5. The number of rotatable bonds is 5. The van der Waals surface area contributed by atoms with Gasteiger partial charge in [0.2, 0.25) is 5.91 Å². The Morgan fingerprint density at radius 3 is 2.91 bits per heavy atom. The molecule has 2 aliphatic heterocycles. The molecule has 1 amide bonds. The van der Waals surface area contributed by atoms with Crippen LogP contribution in [0.1, 0.15) is 45.0 Å². The van der Waals surface area contributed by atoms with Crippen LogP contribution in [0.15, 0.2) is 6.33 Å². The van der Waals surface area contributed by atoms with Crippen LogP contribution in [0, 0.1) is 5.41 Å². The molecule has 1 unspecified atom stereocenters. The summed E-state index contributed by atoms with van der Waals surface area (Å²) in [6.45, 7) is 7.98. The van der Waals surface area contributed by atoms with E-state index in [0.717, 1.165) is 51.3 Å². The number of aliphatic hydroxyl groups excluding tert-OH is 1. The third kappa shape index (κ3) is 3.12. The number of likely N-dealkylation sites (tertiary alicyclic amines) is 2. The van der Waals surface area contributed by atoms with E-state index in [4.69, 9.17) is 5.11 Å². The van der Waals surface area contributed by atoms with Gasteiger partial charge in [0, 0.05) is 25.7 Å². The second kappa shape index (κ2) is 6.57. The van der Waals surface area contributed by atoms with Gasteiger partial charge < -0.3 is 14.6 Å².